The molecule has 0 spiro atoms. The average molecular weight is 294 g/mol. The molecule has 1 aliphatic rings. The number of imidazole rings is 1. The molecule has 5 heteroatoms. The van der Waals surface area contributed by atoms with Crippen LogP contribution in [0.2, 0.25) is 0 Å². The lowest BCUT2D eigenvalue weighted by molar-refractivity contribution is 0.455. The summed E-state index contributed by atoms with van der Waals surface area (Å²) in [5.41, 5.74) is 2.70. The first-order valence-electron chi connectivity index (χ1n) is 7.65. The van der Waals surface area contributed by atoms with Crippen LogP contribution >= 0.6 is 0 Å². The third-order valence-corrected chi connectivity index (χ3v) is 4.21. The second-order valence-electron chi connectivity index (χ2n) is 5.66. The van der Waals surface area contributed by atoms with Crippen LogP contribution in [0, 0.1) is 0 Å². The van der Waals surface area contributed by atoms with E-state index in [4.69, 9.17) is 4.98 Å². The maximum absolute atomic E-state index is 10.0. The van der Waals surface area contributed by atoms with Crippen molar-refractivity contribution in [2.45, 2.75) is 25.4 Å². The highest BCUT2D eigenvalue weighted by atomic mass is 16.3. The van der Waals surface area contributed by atoms with Gasteiger partial charge < -0.3 is 5.11 Å². The minimum absolute atomic E-state index is 0.237. The first-order chi connectivity index (χ1) is 10.8. The zero-order valence-electron chi connectivity index (χ0n) is 12.2. The molecule has 22 heavy (non-hydrogen) atoms. The lowest BCUT2D eigenvalue weighted by Crippen LogP contribution is -2.22. The van der Waals surface area contributed by atoms with Crippen molar-refractivity contribution in [3.8, 4) is 5.75 Å². The van der Waals surface area contributed by atoms with E-state index >= 15 is 0 Å². The van der Waals surface area contributed by atoms with Gasteiger partial charge >= 0.3 is 0 Å². The Bertz CT molecular complexity index is 805. The number of nitrogens with one attached hydrogen (secondary N) is 1. The molecule has 1 aliphatic heterocycles. The Kier molecular flexibility index (Phi) is 3.27. The number of hydrogen-bond acceptors (Lipinski definition) is 4. The smallest absolute Gasteiger partial charge is 0.161 e. The number of phenolic OH excluding ortho intramolecular Hbond substituents is 1. The van der Waals surface area contributed by atoms with Crippen molar-refractivity contribution < 1.29 is 5.11 Å². The van der Waals surface area contributed by atoms with Gasteiger partial charge in [0.2, 0.25) is 0 Å². The first-order valence-corrected chi connectivity index (χ1v) is 7.65. The molecule has 4 rings (SSSR count). The van der Waals surface area contributed by atoms with E-state index in [1.807, 2.05) is 30.3 Å². The predicted octanol–water partition coefficient (Wildman–Crippen LogP) is 2.61. The number of aromatic nitrogens is 3. The van der Waals surface area contributed by atoms with Crippen LogP contribution < -0.4 is 5.32 Å². The van der Waals surface area contributed by atoms with E-state index < -0.39 is 0 Å². The minimum Gasteiger partial charge on any atom is -0.508 e. The molecule has 5 nitrogen and oxygen atoms in total. The van der Waals surface area contributed by atoms with Gasteiger partial charge in [-0.3, -0.25) is 9.88 Å². The van der Waals surface area contributed by atoms with Crippen LogP contribution in [0.1, 0.15) is 30.4 Å². The van der Waals surface area contributed by atoms with Gasteiger partial charge in [-0.2, -0.15) is 0 Å². The Labute approximate surface area is 128 Å². The summed E-state index contributed by atoms with van der Waals surface area (Å²) in [6.45, 7) is 1.02. The van der Waals surface area contributed by atoms with E-state index in [9.17, 15) is 5.11 Å². The molecule has 1 fully saturated rings. The highest BCUT2D eigenvalue weighted by Crippen LogP contribution is 2.27. The normalized spacial score (nSPS) is 18.1. The van der Waals surface area contributed by atoms with Crippen LogP contribution in [0.25, 0.3) is 11.2 Å². The molecule has 1 saturated heterocycles. The number of pyridine rings is 1. The largest absolute Gasteiger partial charge is 0.508 e. The van der Waals surface area contributed by atoms with Crippen molar-refractivity contribution in [3.63, 3.8) is 0 Å². The van der Waals surface area contributed by atoms with Gasteiger partial charge in [-0.05, 0) is 37.6 Å². The lowest BCUT2D eigenvalue weighted by Gasteiger charge is -2.16. The van der Waals surface area contributed by atoms with Crippen LogP contribution in [0.3, 0.4) is 0 Å². The van der Waals surface area contributed by atoms with Gasteiger partial charge in [-0.25, -0.2) is 9.97 Å². The van der Waals surface area contributed by atoms with Crippen LogP contribution in [-0.4, -0.2) is 26.2 Å². The molecule has 1 aromatic carbocycles. The first kappa shape index (κ1) is 13.3. The van der Waals surface area contributed by atoms with Crippen LogP contribution in [0.15, 0.2) is 42.6 Å². The summed E-state index contributed by atoms with van der Waals surface area (Å²) < 4.78 is 2.19. The number of hydrogen-bond donors (Lipinski definition) is 2. The maximum atomic E-state index is 10.0. The third kappa shape index (κ3) is 2.23. The van der Waals surface area contributed by atoms with E-state index in [1.54, 1.807) is 12.3 Å². The number of phenols is 1. The zero-order chi connectivity index (χ0) is 14.9. The number of fused-ring (bicyclic) bond motifs is 1. The summed E-state index contributed by atoms with van der Waals surface area (Å²) in [7, 11) is 0. The van der Waals surface area contributed by atoms with Crippen LogP contribution in [-0.2, 0) is 6.42 Å². The van der Waals surface area contributed by atoms with Gasteiger partial charge in [0.25, 0.3) is 0 Å². The van der Waals surface area contributed by atoms with Crippen molar-refractivity contribution in [2.75, 3.05) is 6.54 Å². The lowest BCUT2D eigenvalue weighted by atomic mass is 10.1. The zero-order valence-corrected chi connectivity index (χ0v) is 12.2. The van der Waals surface area contributed by atoms with E-state index in [1.165, 1.54) is 0 Å². The number of para-hydroxylation sites is 1. The summed E-state index contributed by atoms with van der Waals surface area (Å²) in [6.07, 6.45) is 4.88. The Morgan fingerprint density at radius 3 is 2.95 bits per heavy atom. The molecule has 2 aromatic heterocycles. The quantitative estimate of drug-likeness (QED) is 0.779. The van der Waals surface area contributed by atoms with E-state index in [-0.39, 0.29) is 6.17 Å². The monoisotopic (exact) mass is 294 g/mol. The van der Waals surface area contributed by atoms with Gasteiger partial charge in [-0.1, -0.05) is 18.2 Å². The number of rotatable bonds is 3. The molecule has 112 valence electrons. The highest BCUT2D eigenvalue weighted by Gasteiger charge is 2.23. The predicted molar refractivity (Wildman–Crippen MR) is 84.7 cm³/mol. The van der Waals surface area contributed by atoms with E-state index in [2.05, 4.69) is 14.9 Å². The summed E-state index contributed by atoms with van der Waals surface area (Å²) in [4.78, 5) is 9.25. The fourth-order valence-electron chi connectivity index (χ4n) is 3.15. The molecule has 0 radical (unpaired) electrons. The molecular weight excluding hydrogens is 276 g/mol. The summed E-state index contributed by atoms with van der Waals surface area (Å²) in [5.74, 6) is 1.25. The van der Waals surface area contributed by atoms with Gasteiger partial charge in [0.1, 0.15) is 17.1 Å². The number of benzene rings is 1. The Hall–Kier alpha value is -2.40. The average Bonchev–Trinajstić information content (AvgIpc) is 3.16. The molecule has 3 heterocycles. The van der Waals surface area contributed by atoms with Gasteiger partial charge in [0.15, 0.2) is 5.65 Å². The van der Waals surface area contributed by atoms with Crippen LogP contribution in [0.4, 0.5) is 0 Å². The standard InChI is InChI=1S/C17H18N4O/c22-14-7-2-1-5-12(14)11-16-20-13-6-3-10-19-17(13)21(16)15-8-4-9-18-15/h1-3,5-7,10,15,18,22H,4,8-9,11H2. The summed E-state index contributed by atoms with van der Waals surface area (Å²) >= 11 is 0. The highest BCUT2D eigenvalue weighted by molar-refractivity contribution is 5.71. The van der Waals surface area contributed by atoms with Crippen molar-refractivity contribution >= 4 is 11.2 Å². The molecule has 0 bridgehead atoms. The van der Waals surface area contributed by atoms with E-state index in [0.29, 0.717) is 12.2 Å². The Morgan fingerprint density at radius 1 is 1.23 bits per heavy atom. The SMILES string of the molecule is Oc1ccccc1Cc1nc2cccnc2n1C1CCCN1. The van der Waals surface area contributed by atoms with Crippen LogP contribution in [0.5, 0.6) is 5.75 Å². The second kappa shape index (κ2) is 5.42. The van der Waals surface area contributed by atoms with Crippen molar-refractivity contribution in [1.82, 2.24) is 19.9 Å². The molecule has 0 saturated carbocycles. The molecule has 1 atom stereocenters. The minimum atomic E-state index is 0.237. The second-order valence-corrected chi connectivity index (χ2v) is 5.66. The maximum Gasteiger partial charge on any atom is 0.161 e. The molecule has 0 aliphatic carbocycles. The van der Waals surface area contributed by atoms with Gasteiger partial charge in [-0.15, -0.1) is 0 Å². The third-order valence-electron chi connectivity index (χ3n) is 4.21. The topological polar surface area (TPSA) is 63.0 Å². The van der Waals surface area contributed by atoms with Gasteiger partial charge in [0.05, 0.1) is 6.17 Å². The summed E-state index contributed by atoms with van der Waals surface area (Å²) in [5, 5.41) is 13.5. The fourth-order valence-corrected chi connectivity index (χ4v) is 3.15. The molecule has 2 N–H and O–H groups in total. The van der Waals surface area contributed by atoms with Crippen molar-refractivity contribution in [1.29, 1.82) is 0 Å². The fraction of sp³-hybridized carbons (Fsp3) is 0.294. The van der Waals surface area contributed by atoms with Crippen molar-refractivity contribution in [2.24, 2.45) is 0 Å². The number of aromatic hydroxyl groups is 1. The molecular formula is C17H18N4O. The van der Waals surface area contributed by atoms with Crippen molar-refractivity contribution in [3.05, 3.63) is 54.0 Å². The Morgan fingerprint density at radius 2 is 2.14 bits per heavy atom. The summed E-state index contributed by atoms with van der Waals surface area (Å²) in [6, 6.07) is 11.3. The Balaban J connectivity index is 1.82. The van der Waals surface area contributed by atoms with E-state index in [0.717, 1.165) is 41.9 Å². The molecule has 1 unspecified atom stereocenters. The number of nitrogens with zero attached hydrogens (tertiary/aromatic N) is 3. The molecule has 0 amide bonds. The van der Waals surface area contributed by atoms with Gasteiger partial charge in [0, 0.05) is 18.2 Å². The molecule has 3 aromatic rings.